The van der Waals surface area contributed by atoms with Crippen LogP contribution in [0.2, 0.25) is 0 Å². The molecule has 0 saturated heterocycles. The predicted octanol–water partition coefficient (Wildman–Crippen LogP) is 4.66. The van der Waals surface area contributed by atoms with Crippen LogP contribution in [0.1, 0.15) is 43.2 Å². The Morgan fingerprint density at radius 3 is 2.35 bits per heavy atom. The highest BCUT2D eigenvalue weighted by atomic mass is 16.6. The van der Waals surface area contributed by atoms with Crippen molar-refractivity contribution >= 4 is 12.1 Å². The molecular formula is C25H31NO5. The number of methoxy groups -OCH3 is 1. The minimum Gasteiger partial charge on any atom is -0.493 e. The number of alkyl carbamates (subject to hydrolysis) is 1. The van der Waals surface area contributed by atoms with E-state index in [0.717, 1.165) is 23.5 Å². The molecule has 6 heteroatoms. The summed E-state index contributed by atoms with van der Waals surface area (Å²) in [4.78, 5) is 24.3. The smallest absolute Gasteiger partial charge is 0.408 e. The van der Waals surface area contributed by atoms with Gasteiger partial charge in [0.05, 0.1) is 13.7 Å². The fourth-order valence-corrected chi connectivity index (χ4v) is 3.77. The normalized spacial score (nSPS) is 15.0. The van der Waals surface area contributed by atoms with Crippen LogP contribution < -0.4 is 10.1 Å². The molecule has 0 aliphatic heterocycles. The van der Waals surface area contributed by atoms with Gasteiger partial charge in [-0.15, -0.1) is 0 Å². The van der Waals surface area contributed by atoms with Crippen molar-refractivity contribution in [2.75, 3.05) is 13.7 Å². The van der Waals surface area contributed by atoms with Gasteiger partial charge in [-0.2, -0.15) is 0 Å². The molecule has 1 atom stereocenters. The molecule has 1 N–H and O–H groups in total. The highest BCUT2D eigenvalue weighted by Crippen LogP contribution is 2.24. The van der Waals surface area contributed by atoms with Crippen LogP contribution in [0.3, 0.4) is 0 Å². The molecule has 0 aromatic heterocycles. The second kappa shape index (κ2) is 12.0. The van der Waals surface area contributed by atoms with Crippen LogP contribution in [-0.4, -0.2) is 31.8 Å². The van der Waals surface area contributed by atoms with E-state index in [1.54, 1.807) is 0 Å². The van der Waals surface area contributed by atoms with Gasteiger partial charge < -0.3 is 19.5 Å². The van der Waals surface area contributed by atoms with Crippen LogP contribution in [0.25, 0.3) is 0 Å². The number of benzene rings is 2. The fraction of sp³-hybridized carbons (Fsp3) is 0.440. The van der Waals surface area contributed by atoms with E-state index < -0.39 is 18.1 Å². The predicted molar refractivity (Wildman–Crippen MR) is 118 cm³/mol. The quantitative estimate of drug-likeness (QED) is 0.592. The van der Waals surface area contributed by atoms with Crippen molar-refractivity contribution in [1.29, 1.82) is 0 Å². The van der Waals surface area contributed by atoms with Crippen LogP contribution in [0.4, 0.5) is 4.79 Å². The van der Waals surface area contributed by atoms with Crippen LogP contribution in [0, 0.1) is 5.92 Å². The number of hydrogen-bond acceptors (Lipinski definition) is 5. The molecule has 6 nitrogen and oxygen atoms in total. The van der Waals surface area contributed by atoms with Crippen molar-refractivity contribution in [1.82, 2.24) is 5.32 Å². The highest BCUT2D eigenvalue weighted by Gasteiger charge is 2.23. The van der Waals surface area contributed by atoms with Gasteiger partial charge in [0.1, 0.15) is 18.4 Å². The Morgan fingerprint density at radius 2 is 1.68 bits per heavy atom. The van der Waals surface area contributed by atoms with Crippen LogP contribution in [0.5, 0.6) is 5.75 Å². The Bertz CT molecular complexity index is 816. The van der Waals surface area contributed by atoms with E-state index in [1.165, 1.54) is 39.2 Å². The summed E-state index contributed by atoms with van der Waals surface area (Å²) in [6.45, 7) is 0.881. The molecular weight excluding hydrogens is 394 g/mol. The lowest BCUT2D eigenvalue weighted by molar-refractivity contribution is -0.143. The van der Waals surface area contributed by atoms with Crippen LogP contribution >= 0.6 is 0 Å². The average Bonchev–Trinajstić information content (AvgIpc) is 2.82. The van der Waals surface area contributed by atoms with E-state index in [2.05, 4.69) is 5.32 Å². The van der Waals surface area contributed by atoms with Crippen molar-refractivity contribution in [3.05, 3.63) is 65.7 Å². The van der Waals surface area contributed by atoms with Crippen LogP contribution in [-0.2, 0) is 27.3 Å². The summed E-state index contributed by atoms with van der Waals surface area (Å²) >= 11 is 0. The standard InChI is InChI=1S/C25H31NO5/c1-29-24(27)23(26-25(28)31-18-21-10-6-3-7-11-21)16-19-12-14-22(15-13-19)30-17-20-8-4-2-5-9-20/h3,6-7,10-15,20,23H,2,4-5,8-9,16-18H2,1H3,(H,26,28)/t23-/m0/s1. The van der Waals surface area contributed by atoms with Gasteiger partial charge in [-0.1, -0.05) is 61.7 Å². The molecule has 1 saturated carbocycles. The average molecular weight is 426 g/mol. The lowest BCUT2D eigenvalue weighted by Gasteiger charge is -2.21. The summed E-state index contributed by atoms with van der Waals surface area (Å²) in [6, 6.07) is 16.1. The molecule has 1 fully saturated rings. The van der Waals surface area contributed by atoms with E-state index in [4.69, 9.17) is 14.2 Å². The zero-order chi connectivity index (χ0) is 21.9. The van der Waals surface area contributed by atoms with Crippen LogP contribution in [0.15, 0.2) is 54.6 Å². The summed E-state index contributed by atoms with van der Waals surface area (Å²) in [7, 11) is 1.30. The molecule has 31 heavy (non-hydrogen) atoms. The number of carbonyl (C=O) groups is 2. The number of esters is 1. The van der Waals surface area contributed by atoms with Crippen molar-refractivity contribution in [2.45, 2.75) is 51.2 Å². The first-order chi connectivity index (χ1) is 15.1. The monoisotopic (exact) mass is 425 g/mol. The summed E-state index contributed by atoms with van der Waals surface area (Å²) < 4.78 is 16.0. The Hall–Kier alpha value is -3.02. The fourth-order valence-electron chi connectivity index (χ4n) is 3.77. The molecule has 1 aliphatic rings. The molecule has 1 aliphatic carbocycles. The molecule has 0 radical (unpaired) electrons. The molecule has 166 valence electrons. The maximum absolute atomic E-state index is 12.2. The molecule has 1 amide bonds. The Kier molecular flexibility index (Phi) is 8.76. The van der Waals surface area contributed by atoms with Gasteiger partial charge in [0, 0.05) is 6.42 Å². The SMILES string of the molecule is COC(=O)[C@H](Cc1ccc(OCC2CCCCC2)cc1)NC(=O)OCc1ccccc1. The third kappa shape index (κ3) is 7.63. The number of hydrogen-bond donors (Lipinski definition) is 1. The minimum atomic E-state index is -0.831. The van der Waals surface area contributed by atoms with Gasteiger partial charge in [0.15, 0.2) is 0 Å². The van der Waals surface area contributed by atoms with E-state index in [0.29, 0.717) is 12.3 Å². The topological polar surface area (TPSA) is 73.9 Å². The molecule has 0 spiro atoms. The van der Waals surface area contributed by atoms with E-state index in [1.807, 2.05) is 54.6 Å². The summed E-state index contributed by atoms with van der Waals surface area (Å²) in [6.07, 6.45) is 6.05. The molecule has 0 heterocycles. The first kappa shape index (κ1) is 22.7. The van der Waals surface area contributed by atoms with E-state index >= 15 is 0 Å². The third-order valence-electron chi connectivity index (χ3n) is 5.56. The Balaban J connectivity index is 1.50. The molecule has 2 aromatic rings. The summed E-state index contributed by atoms with van der Waals surface area (Å²) in [5.41, 5.74) is 1.76. The number of nitrogens with one attached hydrogen (secondary N) is 1. The van der Waals surface area contributed by atoms with E-state index in [-0.39, 0.29) is 6.61 Å². The van der Waals surface area contributed by atoms with Gasteiger partial charge in [-0.3, -0.25) is 0 Å². The number of amides is 1. The minimum absolute atomic E-state index is 0.133. The first-order valence-electron chi connectivity index (χ1n) is 10.9. The Labute approximate surface area is 183 Å². The molecule has 0 bridgehead atoms. The molecule has 2 aromatic carbocycles. The maximum atomic E-state index is 12.2. The zero-order valence-electron chi connectivity index (χ0n) is 18.0. The second-order valence-corrected chi connectivity index (χ2v) is 7.94. The zero-order valence-corrected chi connectivity index (χ0v) is 18.0. The Morgan fingerprint density at radius 1 is 0.968 bits per heavy atom. The molecule has 0 unspecified atom stereocenters. The van der Waals surface area contributed by atoms with Crippen molar-refractivity contribution in [3.8, 4) is 5.75 Å². The molecule has 3 rings (SSSR count). The van der Waals surface area contributed by atoms with Crippen molar-refractivity contribution < 1.29 is 23.8 Å². The third-order valence-corrected chi connectivity index (χ3v) is 5.56. The van der Waals surface area contributed by atoms with Gasteiger partial charge in [-0.25, -0.2) is 9.59 Å². The summed E-state index contributed by atoms with van der Waals surface area (Å²) in [5.74, 6) is 0.941. The second-order valence-electron chi connectivity index (χ2n) is 7.94. The number of ether oxygens (including phenoxy) is 3. The number of carbonyl (C=O) groups excluding carboxylic acids is 2. The van der Waals surface area contributed by atoms with Crippen molar-refractivity contribution in [3.63, 3.8) is 0 Å². The van der Waals surface area contributed by atoms with E-state index in [9.17, 15) is 9.59 Å². The lowest BCUT2D eigenvalue weighted by atomic mass is 9.90. The van der Waals surface area contributed by atoms with Crippen molar-refractivity contribution in [2.24, 2.45) is 5.92 Å². The lowest BCUT2D eigenvalue weighted by Crippen LogP contribution is -2.43. The highest BCUT2D eigenvalue weighted by molar-refractivity contribution is 5.81. The van der Waals surface area contributed by atoms with Gasteiger partial charge in [0.25, 0.3) is 0 Å². The summed E-state index contributed by atoms with van der Waals surface area (Å²) in [5, 5.41) is 2.60. The largest absolute Gasteiger partial charge is 0.493 e. The van der Waals surface area contributed by atoms with Gasteiger partial charge in [0.2, 0.25) is 0 Å². The first-order valence-corrected chi connectivity index (χ1v) is 10.9. The maximum Gasteiger partial charge on any atom is 0.408 e. The number of rotatable bonds is 9. The van der Waals surface area contributed by atoms with Gasteiger partial charge >= 0.3 is 12.1 Å². The van der Waals surface area contributed by atoms with Gasteiger partial charge in [-0.05, 0) is 42.0 Å².